The van der Waals surface area contributed by atoms with Crippen LogP contribution in [0.5, 0.6) is 0 Å². The molecule has 4 nitrogen and oxygen atoms in total. The lowest BCUT2D eigenvalue weighted by atomic mass is 10.1. The molecule has 4 N–H and O–H groups in total. The van der Waals surface area contributed by atoms with Gasteiger partial charge >= 0.3 is 0 Å². The molecule has 0 fully saturated rings. The van der Waals surface area contributed by atoms with Crippen LogP contribution in [0.2, 0.25) is 0 Å². The van der Waals surface area contributed by atoms with Gasteiger partial charge in [0.15, 0.2) is 0 Å². The van der Waals surface area contributed by atoms with Gasteiger partial charge in [-0.25, -0.2) is 0 Å². The average Bonchev–Trinajstić information content (AvgIpc) is 2.16. The Kier molecular flexibility index (Phi) is 2.87. The van der Waals surface area contributed by atoms with Crippen molar-refractivity contribution in [1.29, 1.82) is 0 Å². The number of anilines is 1. The van der Waals surface area contributed by atoms with Gasteiger partial charge in [0.1, 0.15) is 0 Å². The fraction of sp³-hybridized carbons (Fsp3) is 0.222. The number of hydrazine groups is 1. The van der Waals surface area contributed by atoms with Crippen LogP contribution in [0.15, 0.2) is 18.2 Å². The summed E-state index contributed by atoms with van der Waals surface area (Å²) in [5.41, 5.74) is 4.74. The fourth-order valence-electron chi connectivity index (χ4n) is 1.11. The molecule has 0 unspecified atom stereocenters. The van der Waals surface area contributed by atoms with E-state index in [1.165, 1.54) is 0 Å². The highest BCUT2D eigenvalue weighted by atomic mass is 16.1. The molecular weight excluding hydrogens is 166 g/mol. The lowest BCUT2D eigenvalue weighted by Gasteiger charge is -2.07. The predicted molar refractivity (Wildman–Crippen MR) is 52.4 cm³/mol. The molecule has 1 aromatic rings. The van der Waals surface area contributed by atoms with Gasteiger partial charge in [0.25, 0.3) is 5.91 Å². The molecule has 0 atom stereocenters. The Morgan fingerprint density at radius 1 is 1.46 bits per heavy atom. The van der Waals surface area contributed by atoms with Crippen molar-refractivity contribution in [2.75, 3.05) is 12.5 Å². The van der Waals surface area contributed by atoms with Crippen LogP contribution in [-0.4, -0.2) is 13.0 Å². The van der Waals surface area contributed by atoms with Crippen molar-refractivity contribution in [1.82, 2.24) is 5.32 Å². The molecule has 1 rings (SSSR count). The number of carbonyl (C=O) groups excluding carboxylic acids is 1. The first kappa shape index (κ1) is 9.54. The van der Waals surface area contributed by atoms with Crippen molar-refractivity contribution < 1.29 is 4.79 Å². The van der Waals surface area contributed by atoms with Gasteiger partial charge < -0.3 is 10.7 Å². The Morgan fingerprint density at radius 3 is 2.69 bits per heavy atom. The summed E-state index contributed by atoms with van der Waals surface area (Å²) in [5.74, 6) is 5.14. The first-order chi connectivity index (χ1) is 6.19. The molecular formula is C9H13N3O. The topological polar surface area (TPSA) is 67.2 Å². The van der Waals surface area contributed by atoms with Gasteiger partial charge in [-0.3, -0.25) is 10.6 Å². The van der Waals surface area contributed by atoms with E-state index in [0.717, 1.165) is 5.56 Å². The Bertz CT molecular complexity index is 323. The third-order valence-electron chi connectivity index (χ3n) is 1.80. The van der Waals surface area contributed by atoms with E-state index in [2.05, 4.69) is 10.7 Å². The van der Waals surface area contributed by atoms with Gasteiger partial charge in [-0.15, -0.1) is 0 Å². The maximum Gasteiger partial charge on any atom is 0.253 e. The number of nitrogens with one attached hydrogen (secondary N) is 2. The monoisotopic (exact) mass is 179 g/mol. The van der Waals surface area contributed by atoms with Crippen molar-refractivity contribution in [3.63, 3.8) is 0 Å². The van der Waals surface area contributed by atoms with Crippen LogP contribution in [0, 0.1) is 6.92 Å². The standard InChI is InChI=1S/C9H13N3O/c1-6-3-4-7(9(13)11-2)8(5-6)12-10/h3-5,12H,10H2,1-2H3,(H,11,13). The van der Waals surface area contributed by atoms with Crippen molar-refractivity contribution >= 4 is 11.6 Å². The van der Waals surface area contributed by atoms with E-state index >= 15 is 0 Å². The molecule has 0 spiro atoms. The van der Waals surface area contributed by atoms with Crippen molar-refractivity contribution in [2.45, 2.75) is 6.92 Å². The summed E-state index contributed by atoms with van der Waals surface area (Å²) in [6.45, 7) is 1.94. The zero-order chi connectivity index (χ0) is 9.84. The lowest BCUT2D eigenvalue weighted by Crippen LogP contribution is -2.21. The summed E-state index contributed by atoms with van der Waals surface area (Å²) < 4.78 is 0. The van der Waals surface area contributed by atoms with E-state index in [9.17, 15) is 4.79 Å². The number of aryl methyl sites for hydroxylation is 1. The normalized spacial score (nSPS) is 9.46. The molecule has 70 valence electrons. The van der Waals surface area contributed by atoms with Crippen molar-refractivity contribution in [2.24, 2.45) is 5.84 Å². The summed E-state index contributed by atoms with van der Waals surface area (Å²) in [4.78, 5) is 11.3. The molecule has 1 aromatic carbocycles. The SMILES string of the molecule is CNC(=O)c1ccc(C)cc1NN. The Hall–Kier alpha value is -1.55. The van der Waals surface area contributed by atoms with Crippen molar-refractivity contribution in [3.8, 4) is 0 Å². The minimum atomic E-state index is -0.145. The highest BCUT2D eigenvalue weighted by Crippen LogP contribution is 2.15. The second-order valence-electron chi connectivity index (χ2n) is 2.77. The maximum atomic E-state index is 11.3. The minimum Gasteiger partial charge on any atom is -0.355 e. The van der Waals surface area contributed by atoms with E-state index in [0.29, 0.717) is 11.3 Å². The summed E-state index contributed by atoms with van der Waals surface area (Å²) >= 11 is 0. The van der Waals surface area contributed by atoms with E-state index in [1.54, 1.807) is 13.1 Å². The third kappa shape index (κ3) is 1.97. The number of hydrogen-bond acceptors (Lipinski definition) is 3. The molecule has 0 aliphatic carbocycles. The van der Waals surface area contributed by atoms with E-state index in [4.69, 9.17) is 5.84 Å². The van der Waals surface area contributed by atoms with Crippen LogP contribution in [-0.2, 0) is 0 Å². The molecule has 0 aliphatic rings. The smallest absolute Gasteiger partial charge is 0.253 e. The number of amides is 1. The van der Waals surface area contributed by atoms with Crippen LogP contribution < -0.4 is 16.6 Å². The zero-order valence-electron chi connectivity index (χ0n) is 7.72. The second-order valence-corrected chi connectivity index (χ2v) is 2.77. The van der Waals surface area contributed by atoms with Gasteiger partial charge in [0.2, 0.25) is 0 Å². The van der Waals surface area contributed by atoms with Crippen LogP contribution in [0.4, 0.5) is 5.69 Å². The molecule has 0 aromatic heterocycles. The van der Waals surface area contributed by atoms with Crippen molar-refractivity contribution in [3.05, 3.63) is 29.3 Å². The van der Waals surface area contributed by atoms with Crippen LogP contribution in [0.1, 0.15) is 15.9 Å². The highest BCUT2D eigenvalue weighted by Gasteiger charge is 2.08. The molecule has 1 amide bonds. The molecule has 0 heterocycles. The largest absolute Gasteiger partial charge is 0.355 e. The van der Waals surface area contributed by atoms with Crippen LogP contribution in [0.25, 0.3) is 0 Å². The molecule has 0 saturated heterocycles. The first-order valence-electron chi connectivity index (χ1n) is 3.98. The van der Waals surface area contributed by atoms with E-state index in [-0.39, 0.29) is 5.91 Å². The van der Waals surface area contributed by atoms with Gasteiger partial charge in [-0.05, 0) is 24.6 Å². The molecule has 13 heavy (non-hydrogen) atoms. The Balaban J connectivity index is 3.13. The predicted octanol–water partition coefficient (Wildman–Crippen LogP) is 0.640. The Morgan fingerprint density at radius 2 is 2.15 bits per heavy atom. The van der Waals surface area contributed by atoms with Gasteiger partial charge in [-0.1, -0.05) is 6.07 Å². The number of nitrogens with two attached hydrogens (primary N) is 1. The summed E-state index contributed by atoms with van der Waals surface area (Å²) in [6.07, 6.45) is 0. The number of nitrogen functional groups attached to an aromatic ring is 1. The Labute approximate surface area is 77.1 Å². The fourth-order valence-corrected chi connectivity index (χ4v) is 1.11. The molecule has 0 saturated carbocycles. The minimum absolute atomic E-state index is 0.145. The molecule has 0 bridgehead atoms. The lowest BCUT2D eigenvalue weighted by molar-refractivity contribution is 0.0964. The van der Waals surface area contributed by atoms with Crippen LogP contribution in [0.3, 0.4) is 0 Å². The number of rotatable bonds is 2. The zero-order valence-corrected chi connectivity index (χ0v) is 7.72. The summed E-state index contributed by atoms with van der Waals surface area (Å²) in [7, 11) is 1.59. The molecule has 0 radical (unpaired) electrons. The quantitative estimate of drug-likeness (QED) is 0.461. The third-order valence-corrected chi connectivity index (χ3v) is 1.80. The van der Waals surface area contributed by atoms with E-state index < -0.39 is 0 Å². The average molecular weight is 179 g/mol. The second kappa shape index (κ2) is 3.91. The van der Waals surface area contributed by atoms with Crippen LogP contribution >= 0.6 is 0 Å². The number of carbonyl (C=O) groups is 1. The van der Waals surface area contributed by atoms with Gasteiger partial charge in [0, 0.05) is 7.05 Å². The van der Waals surface area contributed by atoms with Gasteiger partial charge in [0.05, 0.1) is 11.3 Å². The first-order valence-corrected chi connectivity index (χ1v) is 3.98. The summed E-state index contributed by atoms with van der Waals surface area (Å²) in [6, 6.07) is 5.43. The molecule has 0 aliphatic heterocycles. The number of benzene rings is 1. The van der Waals surface area contributed by atoms with Gasteiger partial charge in [-0.2, -0.15) is 0 Å². The maximum absolute atomic E-state index is 11.3. The van der Waals surface area contributed by atoms with E-state index in [1.807, 2.05) is 19.1 Å². The summed E-state index contributed by atoms with van der Waals surface area (Å²) in [5, 5.41) is 2.54. The highest BCUT2D eigenvalue weighted by molar-refractivity contribution is 5.99. The molecule has 4 heteroatoms. The number of hydrogen-bond donors (Lipinski definition) is 3.